The minimum absolute atomic E-state index is 0.0285. The molecule has 0 aliphatic heterocycles. The zero-order valence-electron chi connectivity index (χ0n) is 18.8. The van der Waals surface area contributed by atoms with E-state index in [9.17, 15) is 20.4 Å². The Hall–Kier alpha value is -2.73. The molecule has 6 rings (SSSR count). The van der Waals surface area contributed by atoms with E-state index in [1.165, 1.54) is 12.1 Å². The van der Waals surface area contributed by atoms with Crippen molar-refractivity contribution >= 4 is 69.1 Å². The average Bonchev–Trinajstić information content (AvgIpc) is 2.85. The molecule has 0 unspecified atom stereocenters. The molecule has 2 aliphatic rings. The second kappa shape index (κ2) is 9.86. The largest absolute Gasteiger partial charge is 0.506 e. The molecule has 0 saturated heterocycles. The summed E-state index contributed by atoms with van der Waals surface area (Å²) in [4.78, 5) is 0. The Morgan fingerprint density at radius 3 is 1.89 bits per heavy atom. The number of phenolic OH excluding ortho intramolecular Hbond substituents is 4. The molecular weight excluding hydrogens is 578 g/mol. The van der Waals surface area contributed by atoms with Gasteiger partial charge in [0.25, 0.3) is 0 Å². The highest BCUT2D eigenvalue weighted by Gasteiger charge is 2.22. The summed E-state index contributed by atoms with van der Waals surface area (Å²) < 4.78 is 0. The van der Waals surface area contributed by atoms with Crippen LogP contribution in [0.5, 0.6) is 23.0 Å². The lowest BCUT2D eigenvalue weighted by Gasteiger charge is -2.18. The molecule has 4 nitrogen and oxygen atoms in total. The second-order valence-electron chi connectivity index (χ2n) is 8.61. The highest BCUT2D eigenvalue weighted by atomic mass is 35.5. The quantitative estimate of drug-likeness (QED) is 0.164. The first kappa shape index (κ1) is 25.9. The molecule has 9 heteroatoms. The molecule has 188 valence electrons. The van der Waals surface area contributed by atoms with Crippen LogP contribution >= 0.6 is 58.0 Å². The van der Waals surface area contributed by atoms with Gasteiger partial charge in [-0.1, -0.05) is 70.1 Å². The van der Waals surface area contributed by atoms with E-state index >= 15 is 0 Å². The van der Waals surface area contributed by atoms with Crippen molar-refractivity contribution in [1.82, 2.24) is 0 Å². The van der Waals surface area contributed by atoms with Crippen molar-refractivity contribution in [2.45, 2.75) is 12.8 Å². The Labute approximate surface area is 237 Å². The van der Waals surface area contributed by atoms with E-state index in [1.807, 2.05) is 0 Å². The molecule has 4 aromatic carbocycles. The SMILES string of the molecule is Oc1ccc2c(c1Cl)CCc1cc(Cl)c(O)c(c1)-c1cc(cc(Cl)c1O)/C=C(/Cl)c1ccc-2c(O)c1Cl. The summed E-state index contributed by atoms with van der Waals surface area (Å²) in [5.74, 6) is -0.758. The van der Waals surface area contributed by atoms with Gasteiger partial charge in [0.2, 0.25) is 0 Å². The van der Waals surface area contributed by atoms with Crippen LogP contribution in [0.2, 0.25) is 20.1 Å². The van der Waals surface area contributed by atoms with Crippen molar-refractivity contribution in [2.24, 2.45) is 0 Å². The Bertz CT molecular complexity index is 1630. The lowest BCUT2D eigenvalue weighted by atomic mass is 9.91. The van der Waals surface area contributed by atoms with E-state index < -0.39 is 0 Å². The zero-order chi connectivity index (χ0) is 26.6. The van der Waals surface area contributed by atoms with Gasteiger partial charge >= 0.3 is 0 Å². The molecule has 6 bridgehead atoms. The van der Waals surface area contributed by atoms with Crippen LogP contribution in [0.15, 0.2) is 48.5 Å². The summed E-state index contributed by atoms with van der Waals surface area (Å²) in [6, 6.07) is 12.9. The Balaban J connectivity index is 1.85. The van der Waals surface area contributed by atoms with Crippen LogP contribution in [0.1, 0.15) is 22.3 Å². The number of hydrogen-bond acceptors (Lipinski definition) is 4. The van der Waals surface area contributed by atoms with E-state index in [2.05, 4.69) is 0 Å². The van der Waals surface area contributed by atoms with Crippen LogP contribution in [0.25, 0.3) is 33.4 Å². The number of halogens is 5. The molecule has 0 amide bonds. The van der Waals surface area contributed by atoms with Crippen LogP contribution < -0.4 is 0 Å². The van der Waals surface area contributed by atoms with Gasteiger partial charge < -0.3 is 20.4 Å². The van der Waals surface area contributed by atoms with Crippen molar-refractivity contribution in [3.63, 3.8) is 0 Å². The van der Waals surface area contributed by atoms with Gasteiger partial charge in [0.15, 0.2) is 0 Å². The number of rotatable bonds is 0. The maximum Gasteiger partial charge on any atom is 0.142 e. The average molecular weight is 595 g/mol. The molecule has 0 spiro atoms. The first-order valence-corrected chi connectivity index (χ1v) is 12.9. The van der Waals surface area contributed by atoms with E-state index in [-0.39, 0.29) is 59.2 Å². The van der Waals surface area contributed by atoms with Crippen molar-refractivity contribution in [3.8, 4) is 45.3 Å². The molecule has 4 aromatic rings. The van der Waals surface area contributed by atoms with Crippen LogP contribution in [0, 0.1) is 0 Å². The van der Waals surface area contributed by atoms with Crippen LogP contribution in [-0.2, 0) is 12.8 Å². The molecular formula is C28H17Cl5O4. The normalized spacial score (nSPS) is 14.2. The standard InChI is InChI=1S/C28H17Cl5O4/c29-20-10-13-8-19(27(36)22(31)11-13)18-7-12(9-21(30)26(18)35)1-2-15-14(5-6-23(34)24(15)32)16-3-4-17(20)25(33)28(16)37/h3-11,34-37H,1-2H2/b20-10+. The van der Waals surface area contributed by atoms with Gasteiger partial charge in [-0.05, 0) is 77.6 Å². The number of benzene rings is 4. The molecule has 0 radical (unpaired) electrons. The maximum absolute atomic E-state index is 11.0. The molecule has 0 heterocycles. The van der Waals surface area contributed by atoms with Gasteiger partial charge in [0, 0.05) is 22.3 Å². The first-order valence-electron chi connectivity index (χ1n) is 11.0. The number of fused-ring (bicyclic) bond motifs is 3. The van der Waals surface area contributed by atoms with E-state index in [0.29, 0.717) is 40.7 Å². The summed E-state index contributed by atoms with van der Waals surface area (Å²) in [7, 11) is 0. The van der Waals surface area contributed by atoms with Gasteiger partial charge in [0.05, 0.1) is 25.1 Å². The van der Waals surface area contributed by atoms with Gasteiger partial charge in [-0.3, -0.25) is 0 Å². The van der Waals surface area contributed by atoms with Crippen molar-refractivity contribution < 1.29 is 20.4 Å². The lowest BCUT2D eigenvalue weighted by molar-refractivity contribution is 0.469. The fourth-order valence-corrected chi connectivity index (χ4v) is 5.81. The first-order chi connectivity index (χ1) is 17.6. The topological polar surface area (TPSA) is 80.9 Å². The van der Waals surface area contributed by atoms with Crippen LogP contribution in [0.3, 0.4) is 0 Å². The van der Waals surface area contributed by atoms with Crippen LogP contribution in [-0.4, -0.2) is 20.4 Å². The van der Waals surface area contributed by atoms with Crippen molar-refractivity contribution in [3.05, 3.63) is 90.9 Å². The molecule has 37 heavy (non-hydrogen) atoms. The fourth-order valence-electron chi connectivity index (χ4n) is 4.48. The number of phenols is 4. The Morgan fingerprint density at radius 2 is 1.16 bits per heavy atom. The molecule has 0 atom stereocenters. The monoisotopic (exact) mass is 592 g/mol. The third-order valence-electron chi connectivity index (χ3n) is 6.34. The third-order valence-corrected chi connectivity index (χ3v) is 8.04. The molecule has 4 N–H and O–H groups in total. The van der Waals surface area contributed by atoms with Crippen molar-refractivity contribution in [1.29, 1.82) is 0 Å². The predicted octanol–water partition coefficient (Wildman–Crippen LogP) is 9.29. The third kappa shape index (κ3) is 4.58. The van der Waals surface area contributed by atoms with Gasteiger partial charge in [-0.25, -0.2) is 0 Å². The summed E-state index contributed by atoms with van der Waals surface area (Å²) in [5, 5.41) is 43.4. The molecule has 0 aromatic heterocycles. The summed E-state index contributed by atoms with van der Waals surface area (Å²) in [6.45, 7) is 0. The number of hydrogen-bond donors (Lipinski definition) is 4. The number of aromatic hydroxyl groups is 4. The van der Waals surface area contributed by atoms with Gasteiger partial charge in [0.1, 0.15) is 23.0 Å². The van der Waals surface area contributed by atoms with Crippen LogP contribution in [0.4, 0.5) is 0 Å². The highest BCUT2D eigenvalue weighted by molar-refractivity contribution is 6.53. The summed E-state index contributed by atoms with van der Waals surface area (Å²) >= 11 is 32.4. The lowest BCUT2D eigenvalue weighted by Crippen LogP contribution is -1.98. The van der Waals surface area contributed by atoms with Crippen molar-refractivity contribution in [2.75, 3.05) is 0 Å². The van der Waals surface area contributed by atoms with E-state index in [1.54, 1.807) is 42.5 Å². The van der Waals surface area contributed by atoms with E-state index in [0.717, 1.165) is 5.56 Å². The minimum atomic E-state index is -0.238. The minimum Gasteiger partial charge on any atom is -0.506 e. The number of aryl methyl sites for hydroxylation is 1. The molecule has 0 saturated carbocycles. The second-order valence-corrected chi connectivity index (χ2v) is 10.6. The smallest absolute Gasteiger partial charge is 0.142 e. The van der Waals surface area contributed by atoms with Gasteiger partial charge in [-0.15, -0.1) is 0 Å². The maximum atomic E-state index is 11.0. The predicted molar refractivity (Wildman–Crippen MR) is 152 cm³/mol. The fraction of sp³-hybridized carbons (Fsp3) is 0.0714. The van der Waals surface area contributed by atoms with Gasteiger partial charge in [-0.2, -0.15) is 0 Å². The Morgan fingerprint density at radius 1 is 0.541 bits per heavy atom. The molecule has 2 aliphatic carbocycles. The zero-order valence-corrected chi connectivity index (χ0v) is 22.6. The highest BCUT2D eigenvalue weighted by Crippen LogP contribution is 2.47. The molecule has 0 fully saturated rings. The summed E-state index contributed by atoms with van der Waals surface area (Å²) in [5.41, 5.74) is 3.71. The van der Waals surface area contributed by atoms with E-state index in [4.69, 9.17) is 58.0 Å². The summed E-state index contributed by atoms with van der Waals surface area (Å²) in [6.07, 6.45) is 2.32. The Kier molecular flexibility index (Phi) is 6.90.